The van der Waals surface area contributed by atoms with Crippen LogP contribution in [0.15, 0.2) is 53.7 Å². The predicted molar refractivity (Wildman–Crippen MR) is 104 cm³/mol. The van der Waals surface area contributed by atoms with Gasteiger partial charge in [-0.25, -0.2) is 22.2 Å². The summed E-state index contributed by atoms with van der Waals surface area (Å²) in [5.41, 5.74) is 0.0338. The number of nitro benzene ring substituents is 1. The monoisotopic (exact) mass is 436 g/mol. The number of benzene rings is 2. The second-order valence-electron chi connectivity index (χ2n) is 6.01. The van der Waals surface area contributed by atoms with Gasteiger partial charge < -0.3 is 9.47 Å². The smallest absolute Gasteiger partial charge is 0.270 e. The van der Waals surface area contributed by atoms with Gasteiger partial charge in [0.1, 0.15) is 16.4 Å². The highest BCUT2D eigenvalue weighted by molar-refractivity contribution is 7.89. The summed E-state index contributed by atoms with van der Waals surface area (Å²) < 4.78 is 53.0. The van der Waals surface area contributed by atoms with Crippen molar-refractivity contribution in [3.05, 3.63) is 70.3 Å². The summed E-state index contributed by atoms with van der Waals surface area (Å²) in [6.07, 6.45) is 1.86. The third-order valence-corrected chi connectivity index (χ3v) is 5.62. The maximum atomic E-state index is 13.4. The number of nitrogens with zero attached hydrogens (tertiary/aromatic N) is 3. The number of hydrogen-bond acceptors (Lipinski definition) is 7. The molecule has 0 saturated carbocycles. The van der Waals surface area contributed by atoms with Crippen molar-refractivity contribution in [2.24, 2.45) is 0 Å². The topological polar surface area (TPSA) is 126 Å². The molecule has 12 heteroatoms. The number of aromatic nitrogens is 2. The molecule has 30 heavy (non-hydrogen) atoms. The molecule has 2 aromatic carbocycles. The molecule has 0 spiro atoms. The molecule has 0 unspecified atom stereocenters. The fraction of sp³-hybridized carbons (Fsp3) is 0.167. The Morgan fingerprint density at radius 3 is 2.57 bits per heavy atom. The summed E-state index contributed by atoms with van der Waals surface area (Å²) in [5, 5.41) is 14.9. The molecule has 0 aliphatic rings. The van der Waals surface area contributed by atoms with E-state index in [4.69, 9.17) is 9.47 Å². The van der Waals surface area contributed by atoms with Gasteiger partial charge in [-0.05, 0) is 12.1 Å². The van der Waals surface area contributed by atoms with Crippen LogP contribution in [0.25, 0.3) is 5.69 Å². The highest BCUT2D eigenvalue weighted by Gasteiger charge is 2.24. The van der Waals surface area contributed by atoms with Crippen molar-refractivity contribution < 1.29 is 27.2 Å². The molecule has 0 aliphatic carbocycles. The number of rotatable bonds is 8. The van der Waals surface area contributed by atoms with Crippen molar-refractivity contribution in [2.75, 3.05) is 14.2 Å². The van der Waals surface area contributed by atoms with Gasteiger partial charge in [-0.2, -0.15) is 5.10 Å². The fourth-order valence-electron chi connectivity index (χ4n) is 2.70. The highest BCUT2D eigenvalue weighted by Crippen LogP contribution is 2.27. The molecule has 0 bridgehead atoms. The summed E-state index contributed by atoms with van der Waals surface area (Å²) >= 11 is 0. The number of nitro groups is 1. The summed E-state index contributed by atoms with van der Waals surface area (Å²) in [6, 6.07) is 8.04. The van der Waals surface area contributed by atoms with Crippen LogP contribution in [0.3, 0.4) is 0 Å². The Labute approximate surface area is 171 Å². The van der Waals surface area contributed by atoms with E-state index < -0.39 is 31.3 Å². The number of ether oxygens (including phenoxy) is 2. The zero-order valence-electron chi connectivity index (χ0n) is 15.9. The van der Waals surface area contributed by atoms with Crippen molar-refractivity contribution in [1.29, 1.82) is 0 Å². The average Bonchev–Trinajstić information content (AvgIpc) is 3.17. The Bertz CT molecular complexity index is 1200. The molecule has 1 aromatic heterocycles. The van der Waals surface area contributed by atoms with Crippen LogP contribution < -0.4 is 14.2 Å². The number of non-ortho nitro benzene ring substituents is 1. The fourth-order valence-corrected chi connectivity index (χ4v) is 3.92. The quantitative estimate of drug-likeness (QED) is 0.424. The van der Waals surface area contributed by atoms with E-state index >= 15 is 0 Å². The normalized spacial score (nSPS) is 11.3. The number of nitrogens with one attached hydrogen (secondary N) is 1. The highest BCUT2D eigenvalue weighted by atomic mass is 32.2. The number of sulfonamides is 1. The minimum atomic E-state index is -4.25. The molecular formula is C18H17FN4O6S. The molecular weight excluding hydrogens is 419 g/mol. The first-order valence-electron chi connectivity index (χ1n) is 8.44. The van der Waals surface area contributed by atoms with E-state index in [9.17, 15) is 22.9 Å². The third kappa shape index (κ3) is 4.39. The zero-order chi connectivity index (χ0) is 21.9. The van der Waals surface area contributed by atoms with E-state index in [1.54, 1.807) is 18.2 Å². The number of hydrogen-bond donors (Lipinski definition) is 1. The van der Waals surface area contributed by atoms with E-state index in [1.165, 1.54) is 20.3 Å². The molecule has 3 aromatic rings. The third-order valence-electron chi connectivity index (χ3n) is 4.19. The van der Waals surface area contributed by atoms with Crippen molar-refractivity contribution in [1.82, 2.24) is 14.5 Å². The molecule has 0 amide bonds. The van der Waals surface area contributed by atoms with Gasteiger partial charge in [0.05, 0.1) is 37.2 Å². The van der Waals surface area contributed by atoms with Crippen LogP contribution >= 0.6 is 0 Å². The first-order valence-corrected chi connectivity index (χ1v) is 9.93. The Morgan fingerprint density at radius 1 is 1.20 bits per heavy atom. The molecule has 1 heterocycles. The van der Waals surface area contributed by atoms with Gasteiger partial charge >= 0.3 is 0 Å². The average molecular weight is 436 g/mol. The van der Waals surface area contributed by atoms with E-state index in [2.05, 4.69) is 9.82 Å². The van der Waals surface area contributed by atoms with E-state index in [-0.39, 0.29) is 12.2 Å². The van der Waals surface area contributed by atoms with Gasteiger partial charge in [0.25, 0.3) is 5.69 Å². The lowest BCUT2D eigenvalue weighted by Crippen LogP contribution is -2.25. The summed E-state index contributed by atoms with van der Waals surface area (Å²) in [7, 11) is -1.34. The van der Waals surface area contributed by atoms with E-state index in [0.29, 0.717) is 17.1 Å². The summed E-state index contributed by atoms with van der Waals surface area (Å²) in [6.45, 7) is -0.162. The first-order chi connectivity index (χ1) is 14.2. The van der Waals surface area contributed by atoms with Crippen molar-refractivity contribution in [3.8, 4) is 17.2 Å². The predicted octanol–water partition coefficient (Wildman–Crippen LogP) is 2.42. The lowest BCUT2D eigenvalue weighted by molar-refractivity contribution is -0.385. The second-order valence-corrected chi connectivity index (χ2v) is 7.75. The van der Waals surface area contributed by atoms with Gasteiger partial charge in [0, 0.05) is 30.3 Å². The van der Waals surface area contributed by atoms with Gasteiger partial charge in [0.2, 0.25) is 10.0 Å². The lowest BCUT2D eigenvalue weighted by atomic mass is 10.2. The van der Waals surface area contributed by atoms with E-state index in [0.717, 1.165) is 29.2 Å². The second kappa shape index (κ2) is 8.47. The zero-order valence-corrected chi connectivity index (χ0v) is 16.7. The van der Waals surface area contributed by atoms with Gasteiger partial charge in [-0.1, -0.05) is 6.07 Å². The van der Waals surface area contributed by atoms with E-state index in [1.807, 2.05) is 0 Å². The molecule has 0 radical (unpaired) electrons. The molecule has 0 fully saturated rings. The van der Waals surface area contributed by atoms with Gasteiger partial charge in [-0.15, -0.1) is 0 Å². The van der Waals surface area contributed by atoms with Crippen LogP contribution in [0, 0.1) is 15.9 Å². The number of methoxy groups -OCH3 is 2. The summed E-state index contributed by atoms with van der Waals surface area (Å²) in [5.74, 6) is 0.234. The van der Waals surface area contributed by atoms with Crippen molar-refractivity contribution in [3.63, 3.8) is 0 Å². The lowest BCUT2D eigenvalue weighted by Gasteiger charge is -2.14. The molecule has 0 aliphatic heterocycles. The molecule has 1 N–H and O–H groups in total. The Hall–Kier alpha value is -3.51. The minimum absolute atomic E-state index is 0.0429. The van der Waals surface area contributed by atoms with Crippen molar-refractivity contribution in [2.45, 2.75) is 11.4 Å². The van der Waals surface area contributed by atoms with Crippen LogP contribution in [0.5, 0.6) is 11.5 Å². The van der Waals surface area contributed by atoms with Crippen LogP contribution in [0.2, 0.25) is 0 Å². The van der Waals surface area contributed by atoms with Crippen LogP contribution in [-0.2, 0) is 16.6 Å². The molecule has 158 valence electrons. The van der Waals surface area contributed by atoms with Gasteiger partial charge in [0.15, 0.2) is 5.82 Å². The Kier molecular flexibility index (Phi) is 5.99. The molecule has 0 atom stereocenters. The summed E-state index contributed by atoms with van der Waals surface area (Å²) in [4.78, 5) is 9.99. The van der Waals surface area contributed by atoms with Crippen LogP contribution in [-0.4, -0.2) is 37.3 Å². The first kappa shape index (κ1) is 21.2. The largest absolute Gasteiger partial charge is 0.497 e. The molecule has 0 saturated heterocycles. The maximum Gasteiger partial charge on any atom is 0.270 e. The molecule has 3 rings (SSSR count). The standard InChI is InChI=1S/C18H17FN4O6S/c1-28-15-5-3-12(17(8-15)29-2)9-21-30(26,27)18-7-14(23(24)25)4-6-16(18)22-11-13(19)10-20-22/h3-8,10-11,21H,9H2,1-2H3. The Morgan fingerprint density at radius 2 is 1.97 bits per heavy atom. The SMILES string of the molecule is COc1ccc(CNS(=O)(=O)c2cc([N+](=O)[O-])ccc2-n2cc(F)cn2)c(OC)c1. The minimum Gasteiger partial charge on any atom is -0.497 e. The maximum absolute atomic E-state index is 13.4. The molecule has 10 nitrogen and oxygen atoms in total. The number of halogens is 1. The Balaban J connectivity index is 1.99. The van der Waals surface area contributed by atoms with Crippen molar-refractivity contribution >= 4 is 15.7 Å². The van der Waals surface area contributed by atoms with Gasteiger partial charge in [-0.3, -0.25) is 10.1 Å². The van der Waals surface area contributed by atoms with Crippen LogP contribution in [0.4, 0.5) is 10.1 Å². The van der Waals surface area contributed by atoms with Crippen LogP contribution in [0.1, 0.15) is 5.56 Å².